The van der Waals surface area contributed by atoms with Crippen LogP contribution in [0.25, 0.3) is 0 Å². The fraction of sp³-hybridized carbons (Fsp3) is 0.533. The predicted octanol–water partition coefficient (Wildman–Crippen LogP) is 3.52. The topological polar surface area (TPSA) is 61.8 Å². The van der Waals surface area contributed by atoms with Crippen LogP contribution in [0.3, 0.4) is 0 Å². The molecule has 0 aliphatic heterocycles. The Morgan fingerprint density at radius 1 is 1.33 bits per heavy atom. The minimum atomic E-state index is 0.387. The standard InChI is InChI=1S/C15H21N3/c1-15(7-3-2-4-8-15)11-18-14-6-5-12(10-16)9-13(14)17/h5-6,9,18H,2-4,7-8,11,17H2,1H3. The van der Waals surface area contributed by atoms with Crippen LogP contribution in [0.5, 0.6) is 0 Å². The Morgan fingerprint density at radius 2 is 2.06 bits per heavy atom. The number of hydrogen-bond donors (Lipinski definition) is 2. The van der Waals surface area contributed by atoms with Crippen molar-refractivity contribution in [3.05, 3.63) is 23.8 Å². The third-order valence-corrected chi connectivity index (χ3v) is 3.95. The summed E-state index contributed by atoms with van der Waals surface area (Å²) in [6, 6.07) is 7.54. The van der Waals surface area contributed by atoms with Gasteiger partial charge in [-0.3, -0.25) is 0 Å². The molecule has 0 spiro atoms. The molecule has 0 unspecified atom stereocenters. The third-order valence-electron chi connectivity index (χ3n) is 3.95. The second-order valence-corrected chi connectivity index (χ2v) is 5.64. The highest BCUT2D eigenvalue weighted by molar-refractivity contribution is 5.68. The lowest BCUT2D eigenvalue weighted by atomic mass is 9.76. The third kappa shape index (κ3) is 2.95. The maximum absolute atomic E-state index is 8.80. The Labute approximate surface area is 109 Å². The number of anilines is 2. The number of nitrogens with two attached hydrogens (primary N) is 1. The molecule has 18 heavy (non-hydrogen) atoms. The van der Waals surface area contributed by atoms with Crippen molar-refractivity contribution in [1.29, 1.82) is 5.26 Å². The fourth-order valence-electron chi connectivity index (χ4n) is 2.68. The maximum Gasteiger partial charge on any atom is 0.0992 e. The van der Waals surface area contributed by atoms with Crippen molar-refractivity contribution < 1.29 is 0 Å². The van der Waals surface area contributed by atoms with Crippen LogP contribution in [0.15, 0.2) is 18.2 Å². The fourth-order valence-corrected chi connectivity index (χ4v) is 2.68. The Kier molecular flexibility index (Phi) is 3.76. The normalized spacial score (nSPS) is 18.0. The largest absolute Gasteiger partial charge is 0.397 e. The summed E-state index contributed by atoms with van der Waals surface area (Å²) < 4.78 is 0. The molecule has 1 aromatic carbocycles. The van der Waals surface area contributed by atoms with Crippen LogP contribution < -0.4 is 11.1 Å². The SMILES string of the molecule is CC1(CNc2ccc(C#N)cc2N)CCCCC1. The number of hydrogen-bond acceptors (Lipinski definition) is 3. The molecule has 1 aliphatic rings. The van der Waals surface area contributed by atoms with E-state index in [1.165, 1.54) is 32.1 Å². The van der Waals surface area contributed by atoms with E-state index in [0.717, 1.165) is 12.2 Å². The first-order chi connectivity index (χ1) is 8.63. The summed E-state index contributed by atoms with van der Waals surface area (Å²) in [6.45, 7) is 3.31. The van der Waals surface area contributed by atoms with E-state index < -0.39 is 0 Å². The lowest BCUT2D eigenvalue weighted by Gasteiger charge is -2.34. The van der Waals surface area contributed by atoms with Crippen molar-refractivity contribution in [1.82, 2.24) is 0 Å². The van der Waals surface area contributed by atoms with Crippen LogP contribution in [0.1, 0.15) is 44.6 Å². The van der Waals surface area contributed by atoms with E-state index in [2.05, 4.69) is 18.3 Å². The predicted molar refractivity (Wildman–Crippen MR) is 75.3 cm³/mol. The smallest absolute Gasteiger partial charge is 0.0992 e. The van der Waals surface area contributed by atoms with Crippen molar-refractivity contribution >= 4 is 11.4 Å². The second kappa shape index (κ2) is 5.30. The van der Waals surface area contributed by atoms with E-state index in [9.17, 15) is 0 Å². The quantitative estimate of drug-likeness (QED) is 0.798. The minimum Gasteiger partial charge on any atom is -0.397 e. The summed E-state index contributed by atoms with van der Waals surface area (Å²) >= 11 is 0. The van der Waals surface area contributed by atoms with Crippen LogP contribution in [0, 0.1) is 16.7 Å². The van der Waals surface area contributed by atoms with Gasteiger partial charge >= 0.3 is 0 Å². The van der Waals surface area contributed by atoms with Gasteiger partial charge in [0.25, 0.3) is 0 Å². The molecule has 1 aromatic rings. The number of nitrogens with one attached hydrogen (secondary N) is 1. The average Bonchev–Trinajstić information content (AvgIpc) is 2.38. The van der Waals surface area contributed by atoms with Gasteiger partial charge in [-0.15, -0.1) is 0 Å². The highest BCUT2D eigenvalue weighted by Crippen LogP contribution is 2.36. The Bertz CT molecular complexity index is 453. The lowest BCUT2D eigenvalue weighted by molar-refractivity contribution is 0.233. The molecule has 3 heteroatoms. The van der Waals surface area contributed by atoms with E-state index in [1.54, 1.807) is 6.07 Å². The zero-order valence-corrected chi connectivity index (χ0v) is 11.0. The van der Waals surface area contributed by atoms with Gasteiger partial charge in [0.05, 0.1) is 23.0 Å². The van der Waals surface area contributed by atoms with Crippen molar-refractivity contribution in [2.24, 2.45) is 5.41 Å². The van der Waals surface area contributed by atoms with Gasteiger partial charge in [-0.05, 0) is 36.5 Å². The molecule has 0 aromatic heterocycles. The van der Waals surface area contributed by atoms with Crippen LogP contribution in [0.4, 0.5) is 11.4 Å². The van der Waals surface area contributed by atoms with Gasteiger partial charge in [0.1, 0.15) is 0 Å². The molecule has 0 radical (unpaired) electrons. The first-order valence-electron chi connectivity index (χ1n) is 6.66. The molecular formula is C15H21N3. The zero-order chi connectivity index (χ0) is 13.0. The van der Waals surface area contributed by atoms with Crippen LogP contribution in [-0.4, -0.2) is 6.54 Å². The summed E-state index contributed by atoms with van der Waals surface area (Å²) in [7, 11) is 0. The van der Waals surface area contributed by atoms with Gasteiger partial charge in [-0.25, -0.2) is 0 Å². The molecular weight excluding hydrogens is 222 g/mol. The molecule has 1 fully saturated rings. The van der Waals surface area contributed by atoms with E-state index in [0.29, 0.717) is 16.7 Å². The van der Waals surface area contributed by atoms with Crippen LogP contribution in [-0.2, 0) is 0 Å². The molecule has 1 saturated carbocycles. The average molecular weight is 243 g/mol. The van der Waals surface area contributed by atoms with Gasteiger partial charge in [-0.2, -0.15) is 5.26 Å². The molecule has 0 saturated heterocycles. The first-order valence-corrected chi connectivity index (χ1v) is 6.66. The Morgan fingerprint density at radius 3 is 2.67 bits per heavy atom. The Balaban J connectivity index is 2.00. The summed E-state index contributed by atoms with van der Waals surface area (Å²) in [4.78, 5) is 0. The van der Waals surface area contributed by atoms with E-state index in [1.807, 2.05) is 12.1 Å². The van der Waals surface area contributed by atoms with E-state index in [4.69, 9.17) is 11.0 Å². The molecule has 96 valence electrons. The maximum atomic E-state index is 8.80. The second-order valence-electron chi connectivity index (χ2n) is 5.64. The number of benzene rings is 1. The molecule has 0 bridgehead atoms. The number of nitrogens with zero attached hydrogens (tertiary/aromatic N) is 1. The summed E-state index contributed by atoms with van der Waals surface area (Å²) in [5.41, 5.74) is 8.55. The highest BCUT2D eigenvalue weighted by atomic mass is 14.9. The molecule has 0 heterocycles. The lowest BCUT2D eigenvalue weighted by Crippen LogP contribution is -2.29. The number of nitriles is 1. The van der Waals surface area contributed by atoms with Gasteiger partial charge in [0, 0.05) is 6.54 Å². The minimum absolute atomic E-state index is 0.387. The molecule has 0 atom stereocenters. The van der Waals surface area contributed by atoms with Crippen molar-refractivity contribution in [2.45, 2.75) is 39.0 Å². The highest BCUT2D eigenvalue weighted by Gasteiger charge is 2.26. The molecule has 0 amide bonds. The molecule has 2 rings (SSSR count). The van der Waals surface area contributed by atoms with Crippen LogP contribution >= 0.6 is 0 Å². The van der Waals surface area contributed by atoms with Gasteiger partial charge in [-0.1, -0.05) is 26.2 Å². The summed E-state index contributed by atoms with van der Waals surface area (Å²) in [5.74, 6) is 0. The molecule has 1 aliphatic carbocycles. The monoisotopic (exact) mass is 243 g/mol. The van der Waals surface area contributed by atoms with Crippen LogP contribution in [0.2, 0.25) is 0 Å². The number of rotatable bonds is 3. The first kappa shape index (κ1) is 12.8. The zero-order valence-electron chi connectivity index (χ0n) is 11.0. The molecule has 3 N–H and O–H groups in total. The van der Waals surface area contributed by atoms with Crippen molar-refractivity contribution in [3.63, 3.8) is 0 Å². The number of nitrogen functional groups attached to an aromatic ring is 1. The van der Waals surface area contributed by atoms with Gasteiger partial charge in [0.2, 0.25) is 0 Å². The van der Waals surface area contributed by atoms with E-state index >= 15 is 0 Å². The summed E-state index contributed by atoms with van der Waals surface area (Å²) in [5, 5.41) is 12.2. The van der Waals surface area contributed by atoms with Gasteiger partial charge < -0.3 is 11.1 Å². The van der Waals surface area contributed by atoms with Crippen molar-refractivity contribution in [3.8, 4) is 6.07 Å². The Hall–Kier alpha value is -1.69. The van der Waals surface area contributed by atoms with Gasteiger partial charge in [0.15, 0.2) is 0 Å². The summed E-state index contributed by atoms with van der Waals surface area (Å²) in [6.07, 6.45) is 6.61. The van der Waals surface area contributed by atoms with Crippen molar-refractivity contribution in [2.75, 3.05) is 17.6 Å². The van der Waals surface area contributed by atoms with E-state index in [-0.39, 0.29) is 0 Å². The molecule has 3 nitrogen and oxygen atoms in total.